The van der Waals surface area contributed by atoms with Crippen molar-refractivity contribution in [3.8, 4) is 22.6 Å². The average molecular weight is 438 g/mol. The van der Waals surface area contributed by atoms with Crippen molar-refractivity contribution in [3.05, 3.63) is 78.1 Å². The Bertz CT molecular complexity index is 1280. The SMILES string of the molecule is C[C@H]1CN(c2ccc(C(F)(F)F)cc2)C(=O)c2c(-c3cc(-c4ccccc4)on3)cnn21. The molecule has 1 amide bonds. The second-order valence-corrected chi connectivity index (χ2v) is 7.60. The molecule has 0 radical (unpaired) electrons. The molecule has 4 aromatic rings. The largest absolute Gasteiger partial charge is 0.416 e. The summed E-state index contributed by atoms with van der Waals surface area (Å²) >= 11 is 0. The number of aromatic nitrogens is 3. The van der Waals surface area contributed by atoms with Gasteiger partial charge in [-0.05, 0) is 31.2 Å². The third-order valence-corrected chi connectivity index (χ3v) is 5.46. The Morgan fingerprint density at radius 3 is 2.47 bits per heavy atom. The highest BCUT2D eigenvalue weighted by atomic mass is 19.4. The van der Waals surface area contributed by atoms with Crippen molar-refractivity contribution in [2.45, 2.75) is 19.1 Å². The number of anilines is 1. The highest BCUT2D eigenvalue weighted by Gasteiger charge is 2.35. The Labute approximate surface area is 180 Å². The van der Waals surface area contributed by atoms with Gasteiger partial charge in [0.25, 0.3) is 5.91 Å². The molecule has 0 unspecified atom stereocenters. The summed E-state index contributed by atoms with van der Waals surface area (Å²) in [6.07, 6.45) is -2.88. The second kappa shape index (κ2) is 7.37. The van der Waals surface area contributed by atoms with Crippen LogP contribution < -0.4 is 4.90 Å². The Morgan fingerprint density at radius 2 is 1.78 bits per heavy atom. The summed E-state index contributed by atoms with van der Waals surface area (Å²) in [5.41, 5.74) is 1.75. The zero-order chi connectivity index (χ0) is 22.5. The molecule has 0 bridgehead atoms. The van der Waals surface area contributed by atoms with Gasteiger partial charge in [0.15, 0.2) is 5.76 Å². The van der Waals surface area contributed by atoms with Crippen LogP contribution in [0, 0.1) is 0 Å². The standard InChI is InChI=1S/C23H17F3N4O2/c1-14-13-29(17-9-7-16(8-10-17)23(24,25)26)22(31)21-18(12-27-30(14)21)19-11-20(32-28-19)15-5-3-2-4-6-15/h2-12,14H,13H2,1H3/t14-/m0/s1. The summed E-state index contributed by atoms with van der Waals surface area (Å²) in [4.78, 5) is 14.8. The molecular formula is C23H17F3N4O2. The van der Waals surface area contributed by atoms with E-state index >= 15 is 0 Å². The number of hydrogen-bond acceptors (Lipinski definition) is 4. The van der Waals surface area contributed by atoms with E-state index in [1.165, 1.54) is 17.0 Å². The van der Waals surface area contributed by atoms with Crippen LogP contribution >= 0.6 is 0 Å². The molecule has 5 rings (SSSR count). The zero-order valence-electron chi connectivity index (χ0n) is 16.9. The molecule has 0 spiro atoms. The van der Waals surface area contributed by atoms with Crippen LogP contribution in [0.15, 0.2) is 71.4 Å². The Balaban J connectivity index is 1.51. The van der Waals surface area contributed by atoms with Crippen LogP contribution in [0.3, 0.4) is 0 Å². The number of carbonyl (C=O) groups excluding carboxylic acids is 1. The number of rotatable bonds is 3. The van der Waals surface area contributed by atoms with Gasteiger partial charge < -0.3 is 9.42 Å². The number of benzene rings is 2. The predicted octanol–water partition coefficient (Wildman–Crippen LogP) is 5.45. The molecule has 0 N–H and O–H groups in total. The van der Waals surface area contributed by atoms with E-state index in [1.807, 2.05) is 37.3 Å². The van der Waals surface area contributed by atoms with Crippen molar-refractivity contribution in [2.75, 3.05) is 11.4 Å². The molecule has 2 aromatic heterocycles. The van der Waals surface area contributed by atoms with Crippen molar-refractivity contribution < 1.29 is 22.5 Å². The monoisotopic (exact) mass is 438 g/mol. The van der Waals surface area contributed by atoms with Crippen molar-refractivity contribution in [1.82, 2.24) is 14.9 Å². The third kappa shape index (κ3) is 3.35. The van der Waals surface area contributed by atoms with E-state index in [0.717, 1.165) is 17.7 Å². The van der Waals surface area contributed by atoms with Crippen LogP contribution in [0.25, 0.3) is 22.6 Å². The number of halogens is 3. The molecule has 9 heteroatoms. The summed E-state index contributed by atoms with van der Waals surface area (Å²) in [6, 6.07) is 15.6. The third-order valence-electron chi connectivity index (χ3n) is 5.46. The van der Waals surface area contributed by atoms with Gasteiger partial charge in [0.05, 0.1) is 23.4 Å². The first-order valence-corrected chi connectivity index (χ1v) is 9.92. The molecule has 0 saturated carbocycles. The first kappa shape index (κ1) is 20.0. The van der Waals surface area contributed by atoms with Gasteiger partial charge in [0.2, 0.25) is 0 Å². The second-order valence-electron chi connectivity index (χ2n) is 7.60. The Hall–Kier alpha value is -3.88. The summed E-state index contributed by atoms with van der Waals surface area (Å²) in [5.74, 6) is 0.191. The van der Waals surface area contributed by atoms with E-state index in [4.69, 9.17) is 4.52 Å². The van der Waals surface area contributed by atoms with Gasteiger partial charge in [0, 0.05) is 23.9 Å². The van der Waals surface area contributed by atoms with Gasteiger partial charge in [-0.2, -0.15) is 18.3 Å². The van der Waals surface area contributed by atoms with Crippen LogP contribution in [-0.2, 0) is 6.18 Å². The van der Waals surface area contributed by atoms with Gasteiger partial charge in [-0.25, -0.2) is 0 Å². The van der Waals surface area contributed by atoms with E-state index in [9.17, 15) is 18.0 Å². The Kier molecular flexibility index (Phi) is 4.61. The lowest BCUT2D eigenvalue weighted by atomic mass is 10.1. The molecule has 1 aliphatic heterocycles. The highest BCUT2D eigenvalue weighted by molar-refractivity contribution is 6.09. The molecule has 1 atom stereocenters. The first-order valence-electron chi connectivity index (χ1n) is 9.92. The fourth-order valence-corrected chi connectivity index (χ4v) is 3.84. The minimum absolute atomic E-state index is 0.181. The number of nitrogens with zero attached hydrogens (tertiary/aromatic N) is 4. The molecular weight excluding hydrogens is 421 g/mol. The van der Waals surface area contributed by atoms with Gasteiger partial charge in [0.1, 0.15) is 11.4 Å². The van der Waals surface area contributed by atoms with Crippen LogP contribution in [0.2, 0.25) is 0 Å². The minimum atomic E-state index is -4.44. The summed E-state index contributed by atoms with van der Waals surface area (Å²) in [5, 5.41) is 8.47. The summed E-state index contributed by atoms with van der Waals surface area (Å²) in [6.45, 7) is 2.17. The normalized spacial score (nSPS) is 16.3. The molecule has 3 heterocycles. The molecule has 1 aliphatic rings. The fraction of sp³-hybridized carbons (Fsp3) is 0.174. The predicted molar refractivity (Wildman–Crippen MR) is 111 cm³/mol. The number of hydrogen-bond donors (Lipinski definition) is 0. The van der Waals surface area contributed by atoms with E-state index in [0.29, 0.717) is 28.4 Å². The molecule has 0 fully saturated rings. The number of carbonyl (C=O) groups is 1. The quantitative estimate of drug-likeness (QED) is 0.427. The maximum Gasteiger partial charge on any atom is 0.416 e. The highest BCUT2D eigenvalue weighted by Crippen LogP contribution is 2.35. The minimum Gasteiger partial charge on any atom is -0.356 e. The lowest BCUT2D eigenvalue weighted by Gasteiger charge is -2.32. The van der Waals surface area contributed by atoms with Gasteiger partial charge in [-0.1, -0.05) is 35.5 Å². The fourth-order valence-electron chi connectivity index (χ4n) is 3.84. The van der Waals surface area contributed by atoms with E-state index in [-0.39, 0.29) is 18.5 Å². The van der Waals surface area contributed by atoms with Crippen LogP contribution in [0.4, 0.5) is 18.9 Å². The Morgan fingerprint density at radius 1 is 1.06 bits per heavy atom. The molecule has 162 valence electrons. The molecule has 32 heavy (non-hydrogen) atoms. The lowest BCUT2D eigenvalue weighted by Crippen LogP contribution is -2.42. The van der Waals surface area contributed by atoms with Crippen molar-refractivity contribution >= 4 is 11.6 Å². The van der Waals surface area contributed by atoms with Crippen molar-refractivity contribution in [2.24, 2.45) is 0 Å². The maximum absolute atomic E-state index is 13.4. The molecule has 6 nitrogen and oxygen atoms in total. The molecule has 0 saturated heterocycles. The molecule has 0 aliphatic carbocycles. The number of amides is 1. The summed E-state index contributed by atoms with van der Waals surface area (Å²) in [7, 11) is 0. The van der Waals surface area contributed by atoms with Gasteiger partial charge >= 0.3 is 6.18 Å². The average Bonchev–Trinajstić information content (AvgIpc) is 3.44. The van der Waals surface area contributed by atoms with E-state index < -0.39 is 11.7 Å². The van der Waals surface area contributed by atoms with E-state index in [1.54, 1.807) is 16.9 Å². The topological polar surface area (TPSA) is 64.2 Å². The number of fused-ring (bicyclic) bond motifs is 1. The maximum atomic E-state index is 13.4. The van der Waals surface area contributed by atoms with Crippen LogP contribution in [-0.4, -0.2) is 27.4 Å². The van der Waals surface area contributed by atoms with Crippen LogP contribution in [0.5, 0.6) is 0 Å². The lowest BCUT2D eigenvalue weighted by molar-refractivity contribution is -0.137. The zero-order valence-corrected chi connectivity index (χ0v) is 16.9. The van der Waals surface area contributed by atoms with Crippen LogP contribution in [0.1, 0.15) is 29.0 Å². The van der Waals surface area contributed by atoms with Gasteiger partial charge in [-0.3, -0.25) is 9.48 Å². The smallest absolute Gasteiger partial charge is 0.356 e. The van der Waals surface area contributed by atoms with E-state index in [2.05, 4.69) is 10.3 Å². The first-order chi connectivity index (χ1) is 15.3. The number of alkyl halides is 3. The van der Waals surface area contributed by atoms with Crippen molar-refractivity contribution in [3.63, 3.8) is 0 Å². The van der Waals surface area contributed by atoms with Crippen molar-refractivity contribution in [1.29, 1.82) is 0 Å². The summed E-state index contributed by atoms with van der Waals surface area (Å²) < 4.78 is 45.8. The molecule has 2 aromatic carbocycles. The van der Waals surface area contributed by atoms with Gasteiger partial charge in [-0.15, -0.1) is 0 Å².